The van der Waals surface area contributed by atoms with E-state index < -0.39 is 0 Å². The van der Waals surface area contributed by atoms with Gasteiger partial charge in [0.05, 0.1) is 0 Å². The lowest BCUT2D eigenvalue weighted by atomic mass is 10.1. The van der Waals surface area contributed by atoms with Crippen LogP contribution in [0.5, 0.6) is 0 Å². The fourth-order valence-corrected chi connectivity index (χ4v) is 2.06. The molecule has 0 fully saturated rings. The monoisotopic (exact) mass is 264 g/mol. The van der Waals surface area contributed by atoms with Gasteiger partial charge in [0, 0.05) is 23.4 Å². The van der Waals surface area contributed by atoms with Gasteiger partial charge in [0.15, 0.2) is 0 Å². The first-order valence-electron chi connectivity index (χ1n) is 4.97. The largest absolute Gasteiger partial charge is 0.273 e. The van der Waals surface area contributed by atoms with Crippen LogP contribution in [0, 0.1) is 0 Å². The highest BCUT2D eigenvalue weighted by molar-refractivity contribution is 9.10. The van der Waals surface area contributed by atoms with E-state index in [1.807, 2.05) is 24.0 Å². The van der Waals surface area contributed by atoms with Gasteiger partial charge in [-0.3, -0.25) is 4.68 Å². The van der Waals surface area contributed by atoms with Crippen molar-refractivity contribution in [3.63, 3.8) is 0 Å². The molecule has 0 amide bonds. The lowest BCUT2D eigenvalue weighted by Gasteiger charge is -2.02. The molecule has 2 rings (SSSR count). The zero-order valence-electron chi connectivity index (χ0n) is 8.65. The second kappa shape index (κ2) is 4.62. The fourth-order valence-electron chi connectivity index (χ4n) is 1.61. The van der Waals surface area contributed by atoms with Crippen molar-refractivity contribution in [3.8, 4) is 0 Å². The number of hydrogen-bond acceptors (Lipinski definition) is 1. The van der Waals surface area contributed by atoms with Crippen LogP contribution in [0.4, 0.5) is 0 Å². The minimum atomic E-state index is 1.03. The molecule has 0 N–H and O–H groups in total. The van der Waals surface area contributed by atoms with E-state index in [-0.39, 0.29) is 0 Å². The highest BCUT2D eigenvalue weighted by Crippen LogP contribution is 2.13. The normalized spacial score (nSPS) is 10.5. The van der Waals surface area contributed by atoms with Crippen LogP contribution in [0.15, 0.2) is 41.0 Å². The van der Waals surface area contributed by atoms with Crippen LogP contribution in [0.3, 0.4) is 0 Å². The maximum atomic E-state index is 4.15. The smallest absolute Gasteiger partial charge is 0.0492 e. The molecule has 2 aromatic rings. The third-order valence-corrected chi connectivity index (χ3v) is 2.97. The van der Waals surface area contributed by atoms with Crippen molar-refractivity contribution in [3.05, 3.63) is 52.3 Å². The van der Waals surface area contributed by atoms with E-state index in [2.05, 4.69) is 45.3 Å². The van der Waals surface area contributed by atoms with Gasteiger partial charge < -0.3 is 0 Å². The summed E-state index contributed by atoms with van der Waals surface area (Å²) in [4.78, 5) is 0. The maximum Gasteiger partial charge on any atom is 0.0492 e. The molecule has 1 heterocycles. The number of nitrogens with zero attached hydrogens (tertiary/aromatic N) is 2. The summed E-state index contributed by atoms with van der Waals surface area (Å²) in [7, 11) is 1.98. The van der Waals surface area contributed by atoms with Gasteiger partial charge in [0.2, 0.25) is 0 Å². The second-order valence-corrected chi connectivity index (χ2v) is 4.49. The molecule has 3 heteroatoms. The average Bonchev–Trinajstić information content (AvgIpc) is 2.61. The second-order valence-electron chi connectivity index (χ2n) is 3.58. The van der Waals surface area contributed by atoms with Crippen molar-refractivity contribution < 1.29 is 0 Å². The number of aryl methyl sites for hydroxylation is 3. The summed E-state index contributed by atoms with van der Waals surface area (Å²) < 4.78 is 3.07. The van der Waals surface area contributed by atoms with Crippen molar-refractivity contribution in [2.75, 3.05) is 0 Å². The number of halogens is 1. The van der Waals surface area contributed by atoms with Gasteiger partial charge in [-0.25, -0.2) is 0 Å². The van der Waals surface area contributed by atoms with Gasteiger partial charge in [0.1, 0.15) is 0 Å². The molecule has 0 aliphatic rings. The Hall–Kier alpha value is -1.09. The SMILES string of the molecule is Cn1nccc1CCc1cccc(Br)c1. The quantitative estimate of drug-likeness (QED) is 0.834. The van der Waals surface area contributed by atoms with Gasteiger partial charge in [-0.1, -0.05) is 28.1 Å². The Morgan fingerprint density at radius 1 is 1.27 bits per heavy atom. The molecule has 0 bridgehead atoms. The molecule has 0 aliphatic carbocycles. The molecule has 0 atom stereocenters. The first-order valence-corrected chi connectivity index (χ1v) is 5.76. The number of aromatic nitrogens is 2. The minimum absolute atomic E-state index is 1.03. The molecule has 0 saturated carbocycles. The molecule has 1 aromatic heterocycles. The van der Waals surface area contributed by atoms with Crippen LogP contribution < -0.4 is 0 Å². The molecular weight excluding hydrogens is 252 g/mol. The van der Waals surface area contributed by atoms with Gasteiger partial charge in [-0.2, -0.15) is 5.10 Å². The zero-order valence-corrected chi connectivity index (χ0v) is 10.2. The van der Waals surface area contributed by atoms with Crippen molar-refractivity contribution in [2.24, 2.45) is 7.05 Å². The molecule has 15 heavy (non-hydrogen) atoms. The van der Waals surface area contributed by atoms with E-state index in [1.165, 1.54) is 11.3 Å². The Kier molecular flexibility index (Phi) is 3.21. The number of rotatable bonds is 3. The summed E-state index contributed by atoms with van der Waals surface area (Å²) in [6.07, 6.45) is 3.93. The molecule has 78 valence electrons. The topological polar surface area (TPSA) is 17.8 Å². The first kappa shape index (κ1) is 10.4. The van der Waals surface area contributed by atoms with Crippen LogP contribution in [0.25, 0.3) is 0 Å². The van der Waals surface area contributed by atoms with Gasteiger partial charge in [-0.05, 0) is 36.6 Å². The molecule has 1 aromatic carbocycles. The summed E-state index contributed by atoms with van der Waals surface area (Å²) in [6, 6.07) is 10.5. The van der Waals surface area contributed by atoms with Gasteiger partial charge in [-0.15, -0.1) is 0 Å². The van der Waals surface area contributed by atoms with E-state index in [9.17, 15) is 0 Å². The van der Waals surface area contributed by atoms with Gasteiger partial charge >= 0.3 is 0 Å². The third kappa shape index (κ3) is 2.69. The molecular formula is C12H13BrN2. The number of hydrogen-bond donors (Lipinski definition) is 0. The van der Waals surface area contributed by atoms with Crippen molar-refractivity contribution in [1.82, 2.24) is 9.78 Å². The van der Waals surface area contributed by atoms with Crippen molar-refractivity contribution >= 4 is 15.9 Å². The highest BCUT2D eigenvalue weighted by Gasteiger charge is 1.99. The molecule has 0 spiro atoms. The van der Waals surface area contributed by atoms with E-state index in [1.54, 1.807) is 0 Å². The van der Waals surface area contributed by atoms with Crippen LogP contribution >= 0.6 is 15.9 Å². The third-order valence-electron chi connectivity index (χ3n) is 2.48. The minimum Gasteiger partial charge on any atom is -0.273 e. The molecule has 0 aliphatic heterocycles. The summed E-state index contributed by atoms with van der Waals surface area (Å²) in [5.41, 5.74) is 2.63. The van der Waals surface area contributed by atoms with E-state index in [0.29, 0.717) is 0 Å². The Balaban J connectivity index is 2.02. The Labute approximate surface area is 98.1 Å². The molecule has 0 saturated heterocycles. The van der Waals surface area contributed by atoms with Crippen LogP contribution in [0.1, 0.15) is 11.3 Å². The summed E-state index contributed by atoms with van der Waals surface area (Å²) in [6.45, 7) is 0. The van der Waals surface area contributed by atoms with Crippen LogP contribution in [-0.2, 0) is 19.9 Å². The Bertz CT molecular complexity index is 448. The standard InChI is InChI=1S/C12H13BrN2/c1-15-12(7-8-14-15)6-5-10-3-2-4-11(13)9-10/h2-4,7-9H,5-6H2,1H3. The van der Waals surface area contributed by atoms with Gasteiger partial charge in [0.25, 0.3) is 0 Å². The van der Waals surface area contributed by atoms with Crippen LogP contribution in [0.2, 0.25) is 0 Å². The zero-order chi connectivity index (χ0) is 10.7. The van der Waals surface area contributed by atoms with E-state index in [0.717, 1.165) is 17.3 Å². The number of benzene rings is 1. The Morgan fingerprint density at radius 3 is 2.80 bits per heavy atom. The predicted molar refractivity (Wildman–Crippen MR) is 64.8 cm³/mol. The van der Waals surface area contributed by atoms with E-state index in [4.69, 9.17) is 0 Å². The molecule has 0 unspecified atom stereocenters. The summed E-state index contributed by atoms with van der Waals surface area (Å²) in [5.74, 6) is 0. The first-order chi connectivity index (χ1) is 7.25. The average molecular weight is 265 g/mol. The van der Waals surface area contributed by atoms with Crippen molar-refractivity contribution in [2.45, 2.75) is 12.8 Å². The predicted octanol–water partition coefficient (Wildman–Crippen LogP) is 2.97. The highest BCUT2D eigenvalue weighted by atomic mass is 79.9. The lowest BCUT2D eigenvalue weighted by Crippen LogP contribution is -2.00. The summed E-state index contributed by atoms with van der Waals surface area (Å²) >= 11 is 3.48. The molecule has 2 nitrogen and oxygen atoms in total. The fraction of sp³-hybridized carbons (Fsp3) is 0.250. The van der Waals surface area contributed by atoms with Crippen molar-refractivity contribution in [1.29, 1.82) is 0 Å². The molecule has 0 radical (unpaired) electrons. The maximum absolute atomic E-state index is 4.15. The lowest BCUT2D eigenvalue weighted by molar-refractivity contribution is 0.703. The van der Waals surface area contributed by atoms with Crippen LogP contribution in [-0.4, -0.2) is 9.78 Å². The summed E-state index contributed by atoms with van der Waals surface area (Å²) in [5, 5.41) is 4.15. The van der Waals surface area contributed by atoms with E-state index >= 15 is 0 Å². The Morgan fingerprint density at radius 2 is 2.13 bits per heavy atom.